The van der Waals surface area contributed by atoms with Crippen molar-refractivity contribution in [1.29, 1.82) is 0 Å². The van der Waals surface area contributed by atoms with Crippen molar-refractivity contribution in [3.63, 3.8) is 0 Å². The molecule has 0 saturated carbocycles. The van der Waals surface area contributed by atoms with Crippen molar-refractivity contribution in [2.24, 2.45) is 11.3 Å². The molecule has 7 nitrogen and oxygen atoms in total. The van der Waals surface area contributed by atoms with Crippen molar-refractivity contribution in [2.75, 3.05) is 26.4 Å². The molecule has 0 bridgehead atoms. The fourth-order valence-electron chi connectivity index (χ4n) is 4.90. The standard InChI is InChI=1S/C27H38N2O5/c1-3-5-16-33-17-10-15-28-24(30)18-22-19-27(26(32)34-4-2)14-9-13-23(27)29(25(22)31)20-21-11-7-6-8-12-21/h6-8,11-13,22H,3-5,9-10,14-20H2,1-2H3,(H,28,30)/t22-,27+/m1/s1. The molecule has 2 aliphatic rings. The van der Waals surface area contributed by atoms with Gasteiger partial charge in [0.2, 0.25) is 11.8 Å². The van der Waals surface area contributed by atoms with Gasteiger partial charge in [0, 0.05) is 37.8 Å². The van der Waals surface area contributed by atoms with Gasteiger partial charge in [-0.3, -0.25) is 14.4 Å². The van der Waals surface area contributed by atoms with Crippen LogP contribution in [0, 0.1) is 11.3 Å². The lowest BCUT2D eigenvalue weighted by atomic mass is 9.71. The first-order valence-corrected chi connectivity index (χ1v) is 12.6. The molecule has 1 saturated heterocycles. The molecule has 1 aromatic carbocycles. The highest BCUT2D eigenvalue weighted by molar-refractivity contribution is 5.92. The minimum absolute atomic E-state index is 0.0647. The summed E-state index contributed by atoms with van der Waals surface area (Å²) in [5.74, 6) is -1.13. The number of unbranched alkanes of at least 4 members (excludes halogenated alkanes) is 1. The molecule has 3 rings (SSSR count). The van der Waals surface area contributed by atoms with Crippen molar-refractivity contribution in [3.8, 4) is 0 Å². The number of allylic oxidation sites excluding steroid dienone is 1. The third-order valence-electron chi connectivity index (χ3n) is 6.61. The van der Waals surface area contributed by atoms with E-state index in [1.807, 2.05) is 36.4 Å². The van der Waals surface area contributed by atoms with Crippen LogP contribution in [-0.4, -0.2) is 49.0 Å². The molecule has 1 N–H and O–H groups in total. The van der Waals surface area contributed by atoms with Gasteiger partial charge in [0.1, 0.15) is 5.41 Å². The number of nitrogens with one attached hydrogen (secondary N) is 1. The van der Waals surface area contributed by atoms with E-state index in [2.05, 4.69) is 12.2 Å². The van der Waals surface area contributed by atoms with Gasteiger partial charge in [0.05, 0.1) is 13.2 Å². The van der Waals surface area contributed by atoms with Crippen molar-refractivity contribution in [1.82, 2.24) is 10.2 Å². The molecule has 1 fully saturated rings. The molecule has 1 heterocycles. The summed E-state index contributed by atoms with van der Waals surface area (Å²) in [6.07, 6.45) is 6.55. The molecule has 0 unspecified atom stereocenters. The number of ether oxygens (including phenoxy) is 2. The van der Waals surface area contributed by atoms with Crippen LogP contribution in [0.4, 0.5) is 0 Å². The zero-order valence-corrected chi connectivity index (χ0v) is 20.5. The first-order valence-electron chi connectivity index (χ1n) is 12.6. The monoisotopic (exact) mass is 470 g/mol. The maximum Gasteiger partial charge on any atom is 0.318 e. The van der Waals surface area contributed by atoms with E-state index in [0.717, 1.165) is 37.1 Å². The molecule has 0 aromatic heterocycles. The first-order chi connectivity index (χ1) is 16.5. The van der Waals surface area contributed by atoms with Crippen LogP contribution in [-0.2, 0) is 30.4 Å². The average Bonchev–Trinajstić information content (AvgIpc) is 3.27. The highest BCUT2D eigenvalue weighted by Gasteiger charge is 2.55. The minimum Gasteiger partial charge on any atom is -0.465 e. The Bertz CT molecular complexity index is 869. The van der Waals surface area contributed by atoms with Crippen molar-refractivity contribution in [3.05, 3.63) is 47.7 Å². The Balaban J connectivity index is 1.69. The molecule has 186 valence electrons. The van der Waals surface area contributed by atoms with E-state index >= 15 is 0 Å². The summed E-state index contributed by atoms with van der Waals surface area (Å²) < 4.78 is 11.0. The molecule has 0 spiro atoms. The number of piperidine rings is 1. The second-order valence-corrected chi connectivity index (χ2v) is 9.12. The van der Waals surface area contributed by atoms with Gasteiger partial charge < -0.3 is 19.7 Å². The number of hydrogen-bond donors (Lipinski definition) is 1. The smallest absolute Gasteiger partial charge is 0.318 e. The van der Waals surface area contributed by atoms with Crippen LogP contribution < -0.4 is 5.32 Å². The normalized spacial score (nSPS) is 21.7. The number of benzene rings is 1. The largest absolute Gasteiger partial charge is 0.465 e. The zero-order chi connectivity index (χ0) is 24.4. The molecule has 0 radical (unpaired) electrons. The zero-order valence-electron chi connectivity index (χ0n) is 20.5. The number of esters is 1. The SMILES string of the molecule is CCCCOCCCNC(=O)C[C@@H]1C[C@@]2(C(=O)OCC)CCC=C2N(Cc2ccccc2)C1=O. The quantitative estimate of drug-likeness (QED) is 0.348. The number of nitrogens with zero attached hydrogens (tertiary/aromatic N) is 1. The van der Waals surface area contributed by atoms with E-state index in [1.54, 1.807) is 11.8 Å². The van der Waals surface area contributed by atoms with Gasteiger partial charge >= 0.3 is 5.97 Å². The highest BCUT2D eigenvalue weighted by atomic mass is 16.5. The third kappa shape index (κ3) is 6.26. The number of amides is 2. The summed E-state index contributed by atoms with van der Waals surface area (Å²) in [5, 5.41) is 2.91. The molecule has 2 atom stereocenters. The Morgan fingerprint density at radius 3 is 2.65 bits per heavy atom. The molecular formula is C27H38N2O5. The van der Waals surface area contributed by atoms with E-state index in [4.69, 9.17) is 9.47 Å². The van der Waals surface area contributed by atoms with E-state index in [-0.39, 0.29) is 30.8 Å². The Hall–Kier alpha value is -2.67. The Morgan fingerprint density at radius 2 is 1.91 bits per heavy atom. The summed E-state index contributed by atoms with van der Waals surface area (Å²) >= 11 is 0. The van der Waals surface area contributed by atoms with Gasteiger partial charge in [-0.15, -0.1) is 0 Å². The predicted molar refractivity (Wildman–Crippen MR) is 129 cm³/mol. The van der Waals surface area contributed by atoms with Crippen LogP contribution >= 0.6 is 0 Å². The Labute approximate surface area is 202 Å². The van der Waals surface area contributed by atoms with Crippen molar-refractivity contribution < 1.29 is 23.9 Å². The maximum absolute atomic E-state index is 13.5. The highest BCUT2D eigenvalue weighted by Crippen LogP contribution is 2.51. The molecule has 1 aromatic rings. The summed E-state index contributed by atoms with van der Waals surface area (Å²) in [4.78, 5) is 41.1. The summed E-state index contributed by atoms with van der Waals surface area (Å²) in [6, 6.07) is 9.73. The number of likely N-dealkylation sites (tertiary alicyclic amines) is 1. The molecule has 34 heavy (non-hydrogen) atoms. The van der Waals surface area contributed by atoms with E-state index < -0.39 is 11.3 Å². The average molecular weight is 471 g/mol. The number of rotatable bonds is 13. The second-order valence-electron chi connectivity index (χ2n) is 9.12. The van der Waals surface area contributed by atoms with E-state index in [1.165, 1.54) is 0 Å². The van der Waals surface area contributed by atoms with E-state index in [0.29, 0.717) is 39.0 Å². The van der Waals surface area contributed by atoms with Crippen LogP contribution in [0.2, 0.25) is 0 Å². The van der Waals surface area contributed by atoms with Crippen LogP contribution in [0.25, 0.3) is 0 Å². The maximum atomic E-state index is 13.5. The molecule has 7 heteroatoms. The topological polar surface area (TPSA) is 84.9 Å². The Morgan fingerprint density at radius 1 is 1.15 bits per heavy atom. The summed E-state index contributed by atoms with van der Waals surface area (Å²) in [6.45, 7) is 6.42. The van der Waals surface area contributed by atoms with Crippen molar-refractivity contribution in [2.45, 2.75) is 65.3 Å². The van der Waals surface area contributed by atoms with Gasteiger partial charge in [0.25, 0.3) is 0 Å². The first kappa shape index (κ1) is 25.9. The lowest BCUT2D eigenvalue weighted by molar-refractivity contribution is -0.161. The van der Waals surface area contributed by atoms with Gasteiger partial charge in [-0.1, -0.05) is 49.8 Å². The lowest BCUT2D eigenvalue weighted by Crippen LogP contribution is -2.52. The molecular weight excluding hydrogens is 432 g/mol. The Kier molecular flexibility index (Phi) is 9.69. The lowest BCUT2D eigenvalue weighted by Gasteiger charge is -2.44. The summed E-state index contributed by atoms with van der Waals surface area (Å²) in [7, 11) is 0. The predicted octanol–water partition coefficient (Wildman–Crippen LogP) is 3.98. The number of carbonyl (C=O) groups is 3. The third-order valence-corrected chi connectivity index (χ3v) is 6.61. The van der Waals surface area contributed by atoms with Gasteiger partial charge in [-0.2, -0.15) is 0 Å². The minimum atomic E-state index is -0.864. The fourth-order valence-corrected chi connectivity index (χ4v) is 4.90. The number of fused-ring (bicyclic) bond motifs is 1. The fraction of sp³-hybridized carbons (Fsp3) is 0.593. The summed E-state index contributed by atoms with van der Waals surface area (Å²) in [5.41, 5.74) is 0.854. The van der Waals surface area contributed by atoms with Gasteiger partial charge in [0.15, 0.2) is 0 Å². The number of hydrogen-bond acceptors (Lipinski definition) is 5. The second kappa shape index (κ2) is 12.7. The van der Waals surface area contributed by atoms with Gasteiger partial charge in [-0.25, -0.2) is 0 Å². The van der Waals surface area contributed by atoms with Crippen LogP contribution in [0.15, 0.2) is 42.1 Å². The van der Waals surface area contributed by atoms with Crippen LogP contribution in [0.1, 0.15) is 64.4 Å². The molecule has 1 aliphatic carbocycles. The van der Waals surface area contributed by atoms with Gasteiger partial charge in [-0.05, 0) is 44.6 Å². The van der Waals surface area contributed by atoms with E-state index in [9.17, 15) is 14.4 Å². The molecule has 2 amide bonds. The number of carbonyl (C=O) groups excluding carboxylic acids is 3. The van der Waals surface area contributed by atoms with Crippen molar-refractivity contribution >= 4 is 17.8 Å². The van der Waals surface area contributed by atoms with Crippen LogP contribution in [0.3, 0.4) is 0 Å². The molecule has 1 aliphatic heterocycles. The van der Waals surface area contributed by atoms with Crippen LogP contribution in [0.5, 0.6) is 0 Å².